The lowest BCUT2D eigenvalue weighted by molar-refractivity contribution is -0.384. The van der Waals surface area contributed by atoms with Crippen LogP contribution >= 0.6 is 24.0 Å². The summed E-state index contributed by atoms with van der Waals surface area (Å²) in [5.41, 5.74) is 1.53. The lowest BCUT2D eigenvalue weighted by atomic mass is 10.2. The molecule has 1 aromatic heterocycles. The van der Waals surface area contributed by atoms with Crippen molar-refractivity contribution in [1.29, 1.82) is 0 Å². The van der Waals surface area contributed by atoms with Gasteiger partial charge in [-0.15, -0.1) is 0 Å². The summed E-state index contributed by atoms with van der Waals surface area (Å²) in [6.07, 6.45) is 4.57. The van der Waals surface area contributed by atoms with Gasteiger partial charge in [-0.25, -0.2) is 0 Å². The zero-order chi connectivity index (χ0) is 20.3. The SMILES string of the molecule is CC(=O)CCCN1C(=O)/C(=C/c2cccn2-c2ccc([N+](=O)[O-])cc2)SC1=S. The van der Waals surface area contributed by atoms with Crippen molar-refractivity contribution in [2.24, 2.45) is 0 Å². The molecule has 7 nitrogen and oxygen atoms in total. The van der Waals surface area contributed by atoms with Gasteiger partial charge < -0.3 is 9.36 Å². The largest absolute Gasteiger partial charge is 0.317 e. The first-order chi connectivity index (χ1) is 13.4. The van der Waals surface area contributed by atoms with E-state index in [1.165, 1.54) is 35.7 Å². The molecule has 0 aliphatic carbocycles. The average molecular weight is 415 g/mol. The number of carbonyl (C=O) groups excluding carboxylic acids is 2. The molecule has 3 rings (SSSR count). The van der Waals surface area contributed by atoms with Gasteiger partial charge in [0, 0.05) is 42.7 Å². The predicted octanol–water partition coefficient (Wildman–Crippen LogP) is 3.96. The highest BCUT2D eigenvalue weighted by Crippen LogP contribution is 2.33. The molecule has 28 heavy (non-hydrogen) atoms. The smallest absolute Gasteiger partial charge is 0.269 e. The van der Waals surface area contributed by atoms with Gasteiger partial charge in [-0.2, -0.15) is 0 Å². The third kappa shape index (κ3) is 4.37. The van der Waals surface area contributed by atoms with E-state index in [2.05, 4.69) is 0 Å². The number of hydrogen-bond acceptors (Lipinski definition) is 6. The Bertz CT molecular complexity index is 979. The standard InChI is InChI=1S/C19H17N3O4S2/c1-13(23)4-2-11-21-18(24)17(28-19(21)27)12-16-5-3-10-20(16)14-6-8-15(9-7-14)22(25)26/h3,5-10,12H,2,4,11H2,1H3/b17-12-. The zero-order valence-corrected chi connectivity index (χ0v) is 16.7. The van der Waals surface area contributed by atoms with Crippen LogP contribution in [0.3, 0.4) is 0 Å². The minimum Gasteiger partial charge on any atom is -0.317 e. The summed E-state index contributed by atoms with van der Waals surface area (Å²) in [6.45, 7) is 1.95. The first kappa shape index (κ1) is 20.0. The summed E-state index contributed by atoms with van der Waals surface area (Å²) in [6, 6.07) is 9.87. The second-order valence-corrected chi connectivity index (χ2v) is 7.89. The highest BCUT2D eigenvalue weighted by atomic mass is 32.2. The van der Waals surface area contributed by atoms with Crippen LogP contribution in [0.4, 0.5) is 5.69 Å². The Morgan fingerprint density at radius 3 is 2.64 bits per heavy atom. The maximum atomic E-state index is 12.7. The van der Waals surface area contributed by atoms with Crippen LogP contribution in [-0.4, -0.2) is 36.9 Å². The van der Waals surface area contributed by atoms with E-state index in [0.717, 1.165) is 11.4 Å². The van der Waals surface area contributed by atoms with Gasteiger partial charge in [-0.1, -0.05) is 24.0 Å². The Labute approximate surface area is 171 Å². The van der Waals surface area contributed by atoms with E-state index in [1.807, 2.05) is 22.9 Å². The summed E-state index contributed by atoms with van der Waals surface area (Å²) in [5.74, 6) is -0.0862. The van der Waals surface area contributed by atoms with Crippen LogP contribution in [0.2, 0.25) is 0 Å². The number of amides is 1. The number of Topliss-reactive ketones (excluding diaryl/α,β-unsaturated/α-hetero) is 1. The van der Waals surface area contributed by atoms with Gasteiger partial charge in [0.2, 0.25) is 0 Å². The van der Waals surface area contributed by atoms with E-state index < -0.39 is 4.92 Å². The molecule has 1 amide bonds. The van der Waals surface area contributed by atoms with Crippen molar-refractivity contribution >= 4 is 51.8 Å². The highest BCUT2D eigenvalue weighted by molar-refractivity contribution is 8.26. The number of nitrogens with zero attached hydrogens (tertiary/aromatic N) is 3. The molecular formula is C19H17N3O4S2. The second-order valence-electron chi connectivity index (χ2n) is 6.22. The molecular weight excluding hydrogens is 398 g/mol. The molecule has 0 saturated carbocycles. The molecule has 9 heteroatoms. The molecule has 2 heterocycles. The molecule has 0 N–H and O–H groups in total. The molecule has 1 saturated heterocycles. The first-order valence-corrected chi connectivity index (χ1v) is 9.76. The highest BCUT2D eigenvalue weighted by Gasteiger charge is 2.31. The maximum absolute atomic E-state index is 12.7. The van der Waals surface area contributed by atoms with E-state index in [1.54, 1.807) is 18.2 Å². The Balaban J connectivity index is 1.80. The molecule has 2 aromatic rings. The van der Waals surface area contributed by atoms with Gasteiger partial charge in [-0.05, 0) is 43.7 Å². The number of nitro groups is 1. The molecule has 0 bridgehead atoms. The fourth-order valence-corrected chi connectivity index (χ4v) is 4.09. The summed E-state index contributed by atoms with van der Waals surface area (Å²) in [7, 11) is 0. The predicted molar refractivity (Wildman–Crippen MR) is 112 cm³/mol. The molecule has 0 unspecified atom stereocenters. The van der Waals surface area contributed by atoms with Crippen molar-refractivity contribution in [3.05, 3.63) is 63.3 Å². The maximum Gasteiger partial charge on any atom is 0.269 e. The summed E-state index contributed by atoms with van der Waals surface area (Å²) >= 11 is 6.54. The number of thioether (sulfide) groups is 1. The van der Waals surface area contributed by atoms with Crippen molar-refractivity contribution in [3.63, 3.8) is 0 Å². The van der Waals surface area contributed by atoms with Crippen LogP contribution in [0, 0.1) is 10.1 Å². The van der Waals surface area contributed by atoms with E-state index in [4.69, 9.17) is 12.2 Å². The number of thiocarbonyl (C=S) groups is 1. The number of ketones is 1. The Morgan fingerprint density at radius 2 is 2.00 bits per heavy atom. The van der Waals surface area contributed by atoms with Crippen LogP contribution in [0.5, 0.6) is 0 Å². The monoisotopic (exact) mass is 415 g/mol. The summed E-state index contributed by atoms with van der Waals surface area (Å²) in [4.78, 5) is 36.2. The van der Waals surface area contributed by atoms with Gasteiger partial charge >= 0.3 is 0 Å². The molecule has 0 spiro atoms. The van der Waals surface area contributed by atoms with E-state index in [9.17, 15) is 19.7 Å². The molecule has 0 atom stereocenters. The third-order valence-electron chi connectivity index (χ3n) is 4.18. The van der Waals surface area contributed by atoms with Crippen molar-refractivity contribution in [1.82, 2.24) is 9.47 Å². The Morgan fingerprint density at radius 1 is 1.29 bits per heavy atom. The average Bonchev–Trinajstić information content (AvgIpc) is 3.21. The van der Waals surface area contributed by atoms with Crippen molar-refractivity contribution in [2.45, 2.75) is 19.8 Å². The van der Waals surface area contributed by atoms with Crippen LogP contribution in [0.1, 0.15) is 25.5 Å². The molecule has 1 aliphatic rings. The Hall–Kier alpha value is -2.78. The van der Waals surface area contributed by atoms with Crippen LogP contribution in [0.15, 0.2) is 47.5 Å². The van der Waals surface area contributed by atoms with Crippen molar-refractivity contribution in [3.8, 4) is 5.69 Å². The molecule has 1 aromatic carbocycles. The molecule has 1 fully saturated rings. The minimum absolute atomic E-state index is 0.0175. The van der Waals surface area contributed by atoms with Gasteiger partial charge in [0.25, 0.3) is 11.6 Å². The quantitative estimate of drug-likeness (QED) is 0.295. The van der Waals surface area contributed by atoms with Crippen molar-refractivity contribution in [2.75, 3.05) is 6.54 Å². The summed E-state index contributed by atoms with van der Waals surface area (Å²) < 4.78 is 2.32. The lowest BCUT2D eigenvalue weighted by Gasteiger charge is -2.13. The van der Waals surface area contributed by atoms with Gasteiger partial charge in [0.15, 0.2) is 0 Å². The van der Waals surface area contributed by atoms with Gasteiger partial charge in [0.1, 0.15) is 10.1 Å². The van der Waals surface area contributed by atoms with Crippen molar-refractivity contribution < 1.29 is 14.5 Å². The topological polar surface area (TPSA) is 85.5 Å². The molecule has 1 aliphatic heterocycles. The number of nitro benzene ring substituents is 1. The number of aromatic nitrogens is 1. The number of benzene rings is 1. The normalized spacial score (nSPS) is 15.5. The molecule has 144 valence electrons. The van der Waals surface area contributed by atoms with Gasteiger partial charge in [-0.3, -0.25) is 19.8 Å². The minimum atomic E-state index is -0.447. The van der Waals surface area contributed by atoms with E-state index in [-0.39, 0.29) is 17.4 Å². The van der Waals surface area contributed by atoms with E-state index in [0.29, 0.717) is 28.6 Å². The number of rotatable bonds is 7. The van der Waals surface area contributed by atoms with Crippen LogP contribution < -0.4 is 0 Å². The fraction of sp³-hybridized carbons (Fsp3) is 0.211. The number of carbonyl (C=O) groups is 2. The number of non-ortho nitro benzene ring substituents is 1. The zero-order valence-electron chi connectivity index (χ0n) is 15.0. The molecule has 0 radical (unpaired) electrons. The first-order valence-electron chi connectivity index (χ1n) is 8.54. The lowest BCUT2D eigenvalue weighted by Crippen LogP contribution is -2.29. The second kappa shape index (κ2) is 8.49. The summed E-state index contributed by atoms with van der Waals surface area (Å²) in [5, 5.41) is 10.8. The van der Waals surface area contributed by atoms with E-state index >= 15 is 0 Å². The third-order valence-corrected chi connectivity index (χ3v) is 5.56. The number of hydrogen-bond donors (Lipinski definition) is 0. The van der Waals surface area contributed by atoms with Gasteiger partial charge in [0.05, 0.1) is 9.83 Å². The van der Waals surface area contributed by atoms with Crippen LogP contribution in [0.25, 0.3) is 11.8 Å². The van der Waals surface area contributed by atoms with Crippen LogP contribution in [-0.2, 0) is 9.59 Å². The Kier molecular flexibility index (Phi) is 6.05. The fourth-order valence-electron chi connectivity index (χ4n) is 2.80.